The van der Waals surface area contributed by atoms with Crippen LogP contribution < -0.4 is 15.8 Å². The van der Waals surface area contributed by atoms with Gasteiger partial charge in [-0.3, -0.25) is 4.79 Å². The Labute approximate surface area is 93.6 Å². The molecule has 0 bridgehead atoms. The Balaban J connectivity index is 2.75. The van der Waals surface area contributed by atoms with Crippen molar-refractivity contribution >= 4 is 5.91 Å². The number of methoxy groups -OCH3 is 1. The molecular formula is C11H15FN2O2. The average molecular weight is 226 g/mol. The molecule has 0 fully saturated rings. The molecule has 0 spiro atoms. The summed E-state index contributed by atoms with van der Waals surface area (Å²) in [5.41, 5.74) is 5.85. The fourth-order valence-corrected chi connectivity index (χ4v) is 1.32. The number of primary amides is 1. The van der Waals surface area contributed by atoms with Gasteiger partial charge in [-0.1, -0.05) is 6.07 Å². The van der Waals surface area contributed by atoms with Crippen molar-refractivity contribution < 1.29 is 13.9 Å². The van der Waals surface area contributed by atoms with Crippen molar-refractivity contribution in [2.24, 2.45) is 5.73 Å². The minimum absolute atomic E-state index is 0.0842. The molecular weight excluding hydrogens is 211 g/mol. The number of rotatable bonds is 5. The highest BCUT2D eigenvalue weighted by Crippen LogP contribution is 2.22. The smallest absolute Gasteiger partial charge is 0.231 e. The van der Waals surface area contributed by atoms with Crippen LogP contribution in [-0.4, -0.2) is 19.6 Å². The number of ether oxygens (including phenoxy) is 1. The van der Waals surface area contributed by atoms with Crippen molar-refractivity contribution in [1.82, 2.24) is 5.32 Å². The van der Waals surface area contributed by atoms with Crippen LogP contribution in [0.1, 0.15) is 18.5 Å². The normalized spacial score (nSPS) is 12.2. The van der Waals surface area contributed by atoms with Crippen LogP contribution >= 0.6 is 0 Å². The summed E-state index contributed by atoms with van der Waals surface area (Å²) in [5.74, 6) is -0.653. The van der Waals surface area contributed by atoms with Crippen molar-refractivity contribution in [2.75, 3.05) is 13.7 Å². The van der Waals surface area contributed by atoms with Crippen LogP contribution in [0.4, 0.5) is 4.39 Å². The van der Waals surface area contributed by atoms with Gasteiger partial charge >= 0.3 is 0 Å². The SMILES string of the molecule is COc1cc(C(C)NCC(N)=O)ccc1F. The highest BCUT2D eigenvalue weighted by atomic mass is 19.1. The Kier molecular flexibility index (Phi) is 4.25. The zero-order chi connectivity index (χ0) is 12.1. The number of amides is 1. The third-order valence-corrected chi connectivity index (χ3v) is 2.26. The lowest BCUT2D eigenvalue weighted by Crippen LogP contribution is -2.30. The van der Waals surface area contributed by atoms with Gasteiger partial charge in [-0.25, -0.2) is 4.39 Å². The van der Waals surface area contributed by atoms with Gasteiger partial charge in [0.25, 0.3) is 0 Å². The number of nitrogens with two attached hydrogens (primary N) is 1. The van der Waals surface area contributed by atoms with Gasteiger partial charge in [0.15, 0.2) is 11.6 Å². The number of halogens is 1. The van der Waals surface area contributed by atoms with Crippen LogP contribution in [0, 0.1) is 5.82 Å². The van der Waals surface area contributed by atoms with Crippen LogP contribution in [0.2, 0.25) is 0 Å². The molecule has 4 nitrogen and oxygen atoms in total. The molecule has 1 aromatic carbocycles. The Morgan fingerprint density at radius 3 is 2.88 bits per heavy atom. The molecule has 0 saturated heterocycles. The molecule has 0 heterocycles. The molecule has 16 heavy (non-hydrogen) atoms. The summed E-state index contributed by atoms with van der Waals surface area (Å²) >= 11 is 0. The average Bonchev–Trinajstić information content (AvgIpc) is 2.26. The largest absolute Gasteiger partial charge is 0.494 e. The standard InChI is InChI=1S/C11H15FN2O2/c1-7(14-6-11(13)15)8-3-4-9(12)10(5-8)16-2/h3-5,7,14H,6H2,1-2H3,(H2,13,15). The summed E-state index contributed by atoms with van der Waals surface area (Å²) in [7, 11) is 1.41. The topological polar surface area (TPSA) is 64.3 Å². The van der Waals surface area contributed by atoms with Gasteiger partial charge in [-0.05, 0) is 24.6 Å². The van der Waals surface area contributed by atoms with E-state index in [1.807, 2.05) is 6.92 Å². The summed E-state index contributed by atoms with van der Waals surface area (Å²) in [6, 6.07) is 4.46. The van der Waals surface area contributed by atoms with Crippen molar-refractivity contribution in [3.05, 3.63) is 29.6 Å². The molecule has 5 heteroatoms. The molecule has 1 unspecified atom stereocenters. The maximum atomic E-state index is 13.1. The van der Waals surface area contributed by atoms with Gasteiger partial charge in [-0.15, -0.1) is 0 Å². The van der Waals surface area contributed by atoms with Crippen molar-refractivity contribution in [2.45, 2.75) is 13.0 Å². The summed E-state index contributed by atoms with van der Waals surface area (Å²) in [4.78, 5) is 10.6. The quantitative estimate of drug-likeness (QED) is 0.786. The van der Waals surface area contributed by atoms with E-state index in [1.54, 1.807) is 12.1 Å². The Hall–Kier alpha value is -1.62. The third-order valence-electron chi connectivity index (χ3n) is 2.26. The molecule has 0 aliphatic carbocycles. The first-order chi connectivity index (χ1) is 7.54. The zero-order valence-corrected chi connectivity index (χ0v) is 9.29. The molecule has 3 N–H and O–H groups in total. The van der Waals surface area contributed by atoms with E-state index in [4.69, 9.17) is 10.5 Å². The van der Waals surface area contributed by atoms with Crippen molar-refractivity contribution in [1.29, 1.82) is 0 Å². The predicted molar refractivity (Wildman–Crippen MR) is 58.6 cm³/mol. The minimum atomic E-state index is -0.430. The van der Waals surface area contributed by atoms with Gasteiger partial charge < -0.3 is 15.8 Å². The number of hydrogen-bond acceptors (Lipinski definition) is 3. The number of carbonyl (C=O) groups excluding carboxylic acids is 1. The second kappa shape index (κ2) is 5.46. The number of carbonyl (C=O) groups is 1. The summed E-state index contributed by atoms with van der Waals surface area (Å²) < 4.78 is 18.0. The number of nitrogens with one attached hydrogen (secondary N) is 1. The van der Waals surface area contributed by atoms with E-state index in [1.165, 1.54) is 13.2 Å². The van der Waals surface area contributed by atoms with Crippen LogP contribution in [0.5, 0.6) is 5.75 Å². The van der Waals surface area contributed by atoms with Gasteiger partial charge in [0, 0.05) is 6.04 Å². The molecule has 1 atom stereocenters. The Morgan fingerprint density at radius 1 is 1.62 bits per heavy atom. The van der Waals surface area contributed by atoms with E-state index >= 15 is 0 Å². The molecule has 1 aromatic rings. The van der Waals surface area contributed by atoms with Crippen LogP contribution in [0.25, 0.3) is 0 Å². The minimum Gasteiger partial charge on any atom is -0.494 e. The predicted octanol–water partition coefficient (Wildman–Crippen LogP) is 0.970. The van der Waals surface area contributed by atoms with E-state index < -0.39 is 11.7 Å². The van der Waals surface area contributed by atoms with E-state index in [0.717, 1.165) is 5.56 Å². The van der Waals surface area contributed by atoms with Crippen molar-refractivity contribution in [3.8, 4) is 5.75 Å². The zero-order valence-electron chi connectivity index (χ0n) is 9.29. The van der Waals surface area contributed by atoms with E-state index in [0.29, 0.717) is 0 Å². The fourth-order valence-electron chi connectivity index (χ4n) is 1.32. The summed E-state index contributed by atoms with van der Waals surface area (Å²) in [5, 5.41) is 2.92. The number of benzene rings is 1. The first kappa shape index (κ1) is 12.4. The van der Waals surface area contributed by atoms with Gasteiger partial charge in [0.2, 0.25) is 5.91 Å². The maximum Gasteiger partial charge on any atom is 0.231 e. The lowest BCUT2D eigenvalue weighted by Gasteiger charge is -2.14. The van der Waals surface area contributed by atoms with E-state index in [9.17, 15) is 9.18 Å². The molecule has 0 aliphatic heterocycles. The van der Waals surface area contributed by atoms with Gasteiger partial charge in [0.1, 0.15) is 0 Å². The highest BCUT2D eigenvalue weighted by molar-refractivity contribution is 5.75. The first-order valence-electron chi connectivity index (χ1n) is 4.89. The molecule has 0 radical (unpaired) electrons. The van der Waals surface area contributed by atoms with Crippen molar-refractivity contribution in [3.63, 3.8) is 0 Å². The molecule has 0 aliphatic rings. The molecule has 88 valence electrons. The lowest BCUT2D eigenvalue weighted by atomic mass is 10.1. The van der Waals surface area contributed by atoms with Crippen LogP contribution in [-0.2, 0) is 4.79 Å². The highest BCUT2D eigenvalue weighted by Gasteiger charge is 2.09. The second-order valence-corrected chi connectivity index (χ2v) is 3.46. The third kappa shape index (κ3) is 3.20. The molecule has 0 saturated carbocycles. The fraction of sp³-hybridized carbons (Fsp3) is 0.364. The van der Waals surface area contributed by atoms with E-state index in [-0.39, 0.29) is 18.3 Å². The monoisotopic (exact) mass is 226 g/mol. The maximum absolute atomic E-state index is 13.1. The summed E-state index contributed by atoms with van der Waals surface area (Å²) in [6.45, 7) is 1.94. The van der Waals surface area contributed by atoms with Crippen LogP contribution in [0.15, 0.2) is 18.2 Å². The second-order valence-electron chi connectivity index (χ2n) is 3.46. The Morgan fingerprint density at radius 2 is 2.31 bits per heavy atom. The van der Waals surface area contributed by atoms with Gasteiger partial charge in [-0.2, -0.15) is 0 Å². The molecule has 0 aromatic heterocycles. The number of hydrogen-bond donors (Lipinski definition) is 2. The summed E-state index contributed by atoms with van der Waals surface area (Å²) in [6.07, 6.45) is 0. The Bertz CT molecular complexity index is 382. The van der Waals surface area contributed by atoms with Crippen LogP contribution in [0.3, 0.4) is 0 Å². The molecule has 1 amide bonds. The van der Waals surface area contributed by atoms with E-state index in [2.05, 4.69) is 5.32 Å². The van der Waals surface area contributed by atoms with Gasteiger partial charge in [0.05, 0.1) is 13.7 Å². The molecule has 1 rings (SSSR count). The first-order valence-corrected chi connectivity index (χ1v) is 4.89. The lowest BCUT2D eigenvalue weighted by molar-refractivity contribution is -0.117.